The van der Waals surface area contributed by atoms with Crippen LogP contribution in [0.3, 0.4) is 0 Å². The molecule has 1 unspecified atom stereocenters. The van der Waals surface area contributed by atoms with Gasteiger partial charge in [0.2, 0.25) is 5.91 Å². The van der Waals surface area contributed by atoms with Crippen LogP contribution in [0, 0.1) is 0 Å². The summed E-state index contributed by atoms with van der Waals surface area (Å²) >= 11 is 0. The molecule has 0 fully saturated rings. The third kappa shape index (κ3) is 5.14. The summed E-state index contributed by atoms with van der Waals surface area (Å²) in [6, 6.07) is 6.98. The molecule has 32 heavy (non-hydrogen) atoms. The maximum Gasteiger partial charge on any atom is 0.338 e. The molecule has 0 saturated heterocycles. The Balaban J connectivity index is 0.000000913. The maximum atomic E-state index is 12.1. The van der Waals surface area contributed by atoms with Gasteiger partial charge >= 0.3 is 5.97 Å². The molecule has 1 atom stereocenters. The van der Waals surface area contributed by atoms with Crippen molar-refractivity contribution in [2.45, 2.75) is 38.6 Å². The molecule has 1 amide bonds. The third-order valence-electron chi connectivity index (χ3n) is 4.78. The number of hydrogen-bond donors (Lipinski definition) is 2. The van der Waals surface area contributed by atoms with Gasteiger partial charge in [0.25, 0.3) is 6.47 Å². The second-order valence-corrected chi connectivity index (χ2v) is 6.91. The smallest absolute Gasteiger partial charge is 0.338 e. The fraction of sp³-hybridized carbons (Fsp3) is 0.350. The molecule has 1 aliphatic rings. The Morgan fingerprint density at radius 1 is 1.38 bits per heavy atom. The highest BCUT2D eigenvalue weighted by Crippen LogP contribution is 2.28. The van der Waals surface area contributed by atoms with Crippen LogP contribution in [-0.2, 0) is 33.7 Å². The van der Waals surface area contributed by atoms with E-state index in [4.69, 9.17) is 20.4 Å². The molecule has 0 radical (unpaired) electrons. The van der Waals surface area contributed by atoms with Crippen molar-refractivity contribution in [2.75, 3.05) is 6.61 Å². The van der Waals surface area contributed by atoms with Crippen LogP contribution >= 0.6 is 0 Å². The van der Waals surface area contributed by atoms with Crippen LogP contribution in [0.5, 0.6) is 0 Å². The monoisotopic (exact) mass is 441 g/mol. The predicted molar refractivity (Wildman–Crippen MR) is 110 cm³/mol. The van der Waals surface area contributed by atoms with Crippen molar-refractivity contribution in [1.82, 2.24) is 29.5 Å². The van der Waals surface area contributed by atoms with E-state index >= 15 is 0 Å². The van der Waals surface area contributed by atoms with Crippen LogP contribution < -0.4 is 5.73 Å². The lowest BCUT2D eigenvalue weighted by Gasteiger charge is -2.22. The van der Waals surface area contributed by atoms with Gasteiger partial charge in [-0.25, -0.2) is 24.1 Å². The number of amides is 1. The maximum absolute atomic E-state index is 12.1. The standard InChI is InChI=1S/C19H21N7O3.CH2O2/c1-2-29-19(28)12-4-3-5-14(8-12)26-18(23-16(24-26)9-15(20)27)13-6-7-17-21-11-22-25(17)10-13;2-1-3/h3-5,8,11,13H,2,6-7,9-10H2,1H3,(H2,20,27);1H,(H,2,3). The average molecular weight is 441 g/mol. The number of carboxylic acid groups (broad SMARTS) is 1. The number of esters is 1. The van der Waals surface area contributed by atoms with Crippen LogP contribution in [0.4, 0.5) is 0 Å². The number of primary amides is 1. The number of nitrogens with two attached hydrogens (primary N) is 1. The number of aryl methyl sites for hydroxylation is 1. The first kappa shape index (κ1) is 22.6. The molecule has 0 bridgehead atoms. The van der Waals surface area contributed by atoms with Gasteiger partial charge in [-0.3, -0.25) is 9.59 Å². The van der Waals surface area contributed by atoms with E-state index < -0.39 is 11.9 Å². The van der Waals surface area contributed by atoms with Crippen molar-refractivity contribution in [1.29, 1.82) is 0 Å². The fourth-order valence-electron chi connectivity index (χ4n) is 3.48. The Labute approximate surface area is 183 Å². The highest BCUT2D eigenvalue weighted by atomic mass is 16.5. The van der Waals surface area contributed by atoms with E-state index in [1.165, 1.54) is 0 Å². The molecule has 1 aliphatic heterocycles. The molecule has 4 rings (SSSR count). The molecule has 0 aliphatic carbocycles. The van der Waals surface area contributed by atoms with Crippen molar-refractivity contribution in [3.8, 4) is 5.69 Å². The van der Waals surface area contributed by atoms with Gasteiger partial charge in [0, 0.05) is 12.3 Å². The Kier molecular flexibility index (Phi) is 7.26. The number of rotatable bonds is 6. The summed E-state index contributed by atoms with van der Waals surface area (Å²) in [6.07, 6.45) is 3.08. The molecule has 1 aromatic carbocycles. The number of ether oxygens (including phenoxy) is 1. The summed E-state index contributed by atoms with van der Waals surface area (Å²) in [7, 11) is 0. The normalized spacial score (nSPS) is 14.6. The molecule has 168 valence electrons. The van der Waals surface area contributed by atoms with Crippen molar-refractivity contribution in [2.24, 2.45) is 5.73 Å². The van der Waals surface area contributed by atoms with Gasteiger partial charge in [0.1, 0.15) is 18.0 Å². The summed E-state index contributed by atoms with van der Waals surface area (Å²) < 4.78 is 8.62. The van der Waals surface area contributed by atoms with Gasteiger partial charge in [-0.2, -0.15) is 10.2 Å². The minimum atomic E-state index is -0.504. The second kappa shape index (κ2) is 10.3. The number of fused-ring (bicyclic) bond motifs is 1. The second-order valence-electron chi connectivity index (χ2n) is 6.91. The number of benzene rings is 1. The van der Waals surface area contributed by atoms with Gasteiger partial charge < -0.3 is 15.6 Å². The molecule has 2 aromatic heterocycles. The quantitative estimate of drug-likeness (QED) is 0.408. The Hall–Kier alpha value is -4.09. The average Bonchev–Trinajstić information content (AvgIpc) is 3.40. The number of aromatic nitrogens is 6. The number of carbonyl (C=O) groups excluding carboxylic acids is 2. The van der Waals surface area contributed by atoms with Gasteiger partial charge in [-0.05, 0) is 31.5 Å². The highest BCUT2D eigenvalue weighted by molar-refractivity contribution is 5.90. The number of nitrogens with zero attached hydrogens (tertiary/aromatic N) is 6. The van der Waals surface area contributed by atoms with Crippen LogP contribution in [0.25, 0.3) is 5.69 Å². The van der Waals surface area contributed by atoms with E-state index in [1.54, 1.807) is 36.1 Å². The van der Waals surface area contributed by atoms with E-state index in [-0.39, 0.29) is 18.8 Å². The van der Waals surface area contributed by atoms with E-state index in [0.717, 1.165) is 18.7 Å². The summed E-state index contributed by atoms with van der Waals surface area (Å²) in [4.78, 5) is 40.7. The molecule has 12 heteroatoms. The van der Waals surface area contributed by atoms with E-state index in [2.05, 4.69) is 20.2 Å². The highest BCUT2D eigenvalue weighted by Gasteiger charge is 2.27. The minimum absolute atomic E-state index is 0.0320. The van der Waals surface area contributed by atoms with Crippen molar-refractivity contribution < 1.29 is 24.2 Å². The van der Waals surface area contributed by atoms with E-state index in [1.807, 2.05) is 10.7 Å². The first-order valence-corrected chi connectivity index (χ1v) is 9.93. The predicted octanol–water partition coefficient (Wildman–Crippen LogP) is 0.494. The first-order valence-electron chi connectivity index (χ1n) is 9.93. The van der Waals surface area contributed by atoms with Crippen LogP contribution in [0.15, 0.2) is 30.6 Å². The lowest BCUT2D eigenvalue weighted by molar-refractivity contribution is -0.123. The van der Waals surface area contributed by atoms with Crippen molar-refractivity contribution >= 4 is 18.3 Å². The van der Waals surface area contributed by atoms with Crippen LogP contribution in [0.2, 0.25) is 0 Å². The minimum Gasteiger partial charge on any atom is -0.483 e. The zero-order valence-electron chi connectivity index (χ0n) is 17.4. The van der Waals surface area contributed by atoms with Crippen molar-refractivity contribution in [3.63, 3.8) is 0 Å². The lowest BCUT2D eigenvalue weighted by Crippen LogP contribution is -2.22. The fourth-order valence-corrected chi connectivity index (χ4v) is 3.48. The molecule has 12 nitrogen and oxygen atoms in total. The first-order chi connectivity index (χ1) is 15.5. The molecule has 0 saturated carbocycles. The largest absolute Gasteiger partial charge is 0.483 e. The zero-order chi connectivity index (χ0) is 23.1. The van der Waals surface area contributed by atoms with Crippen molar-refractivity contribution in [3.05, 3.63) is 53.6 Å². The Bertz CT molecular complexity index is 1110. The number of carbonyl (C=O) groups is 3. The molecule has 3 aromatic rings. The number of hydrogen-bond acceptors (Lipinski definition) is 8. The van der Waals surface area contributed by atoms with Gasteiger partial charge in [0.05, 0.1) is 30.8 Å². The van der Waals surface area contributed by atoms with Gasteiger partial charge in [-0.1, -0.05) is 6.07 Å². The van der Waals surface area contributed by atoms with E-state index in [9.17, 15) is 9.59 Å². The SMILES string of the molecule is CCOC(=O)c1cccc(-n2nc(CC(N)=O)nc2C2CCc3ncnn3C2)c1.O=CO. The third-order valence-corrected chi connectivity index (χ3v) is 4.78. The summed E-state index contributed by atoms with van der Waals surface area (Å²) in [6.45, 7) is 2.42. The molecular formula is C20H23N7O5. The molecular weight excluding hydrogens is 418 g/mol. The molecule has 0 spiro atoms. The Morgan fingerprint density at radius 2 is 2.16 bits per heavy atom. The van der Waals surface area contributed by atoms with Crippen LogP contribution in [-0.4, -0.2) is 59.6 Å². The van der Waals surface area contributed by atoms with Gasteiger partial charge in [0.15, 0.2) is 5.82 Å². The zero-order valence-corrected chi connectivity index (χ0v) is 17.4. The summed E-state index contributed by atoms with van der Waals surface area (Å²) in [5.41, 5.74) is 6.42. The summed E-state index contributed by atoms with van der Waals surface area (Å²) in [5, 5.41) is 15.6. The Morgan fingerprint density at radius 3 is 2.88 bits per heavy atom. The summed E-state index contributed by atoms with van der Waals surface area (Å²) in [5.74, 6) is 1.11. The molecule has 3 N–H and O–H groups in total. The molecule has 3 heterocycles. The lowest BCUT2D eigenvalue weighted by atomic mass is 9.98. The topological polar surface area (TPSA) is 168 Å². The van der Waals surface area contributed by atoms with Crippen LogP contribution in [0.1, 0.15) is 47.1 Å². The van der Waals surface area contributed by atoms with Gasteiger partial charge in [-0.15, -0.1) is 0 Å². The van der Waals surface area contributed by atoms with E-state index in [0.29, 0.717) is 36.1 Å².